The van der Waals surface area contributed by atoms with Crippen molar-refractivity contribution in [2.45, 2.75) is 26.5 Å². The molecule has 2 aromatic heterocycles. The van der Waals surface area contributed by atoms with Crippen molar-refractivity contribution >= 4 is 16.7 Å². The van der Waals surface area contributed by atoms with Crippen LogP contribution < -0.4 is 14.2 Å². The lowest BCUT2D eigenvalue weighted by atomic mass is 10.1. The molecule has 0 aliphatic carbocycles. The monoisotopic (exact) mass is 429 g/mol. The lowest BCUT2D eigenvalue weighted by Gasteiger charge is -2.27. The van der Waals surface area contributed by atoms with E-state index in [9.17, 15) is 4.79 Å². The maximum atomic E-state index is 13.0. The molecule has 162 valence electrons. The molecule has 0 saturated carbocycles. The second-order valence-electron chi connectivity index (χ2n) is 7.80. The highest BCUT2D eigenvalue weighted by Crippen LogP contribution is 2.31. The minimum atomic E-state index is -0.138. The summed E-state index contributed by atoms with van der Waals surface area (Å²) in [5.41, 5.74) is 3.28. The molecule has 1 aliphatic heterocycles. The molecule has 4 aromatic rings. The van der Waals surface area contributed by atoms with Crippen LogP contribution in [0.4, 0.5) is 0 Å². The first-order valence-electron chi connectivity index (χ1n) is 10.5. The molecule has 1 atom stereocenters. The Morgan fingerprint density at radius 1 is 1.09 bits per heavy atom. The Hall–Kier alpha value is -3.87. The van der Waals surface area contributed by atoms with Crippen LogP contribution in [0.2, 0.25) is 0 Å². The minimum absolute atomic E-state index is 0.0955. The highest BCUT2D eigenvalue weighted by molar-refractivity contribution is 5.98. The Kier molecular flexibility index (Phi) is 5.23. The zero-order chi connectivity index (χ0) is 22.1. The number of fused-ring (bicyclic) bond motifs is 2. The number of ketones is 1. The molecule has 0 fully saturated rings. The summed E-state index contributed by atoms with van der Waals surface area (Å²) in [5.74, 6) is 1.81. The highest BCUT2D eigenvalue weighted by atomic mass is 16.6. The maximum absolute atomic E-state index is 13.0. The van der Waals surface area contributed by atoms with Gasteiger partial charge in [-0.1, -0.05) is 24.3 Å². The molecule has 0 spiro atoms. The highest BCUT2D eigenvalue weighted by Gasteiger charge is 2.24. The number of benzene rings is 2. The fraction of sp³-hybridized carbons (Fsp3) is 0.240. The third kappa shape index (κ3) is 3.77. The molecule has 2 aromatic carbocycles. The first kappa shape index (κ1) is 20.1. The van der Waals surface area contributed by atoms with E-state index in [1.54, 1.807) is 0 Å². The van der Waals surface area contributed by atoms with E-state index in [-0.39, 0.29) is 18.5 Å². The molecule has 7 nitrogen and oxygen atoms in total. The largest absolute Gasteiger partial charge is 0.486 e. The van der Waals surface area contributed by atoms with Crippen LogP contribution in [0, 0.1) is 13.8 Å². The number of rotatable bonds is 6. The SMILES string of the molecule is Cc1cc(C(=O)COc2ncnc3ccccc23)c(C)n1C[C@H]1COc2ccccc2O1. The molecule has 32 heavy (non-hydrogen) atoms. The Morgan fingerprint density at radius 2 is 1.88 bits per heavy atom. The van der Waals surface area contributed by atoms with Gasteiger partial charge in [-0.25, -0.2) is 9.97 Å². The van der Waals surface area contributed by atoms with E-state index in [1.165, 1.54) is 6.33 Å². The Morgan fingerprint density at radius 3 is 2.75 bits per heavy atom. The lowest BCUT2D eigenvalue weighted by Crippen LogP contribution is -2.33. The van der Waals surface area contributed by atoms with Crippen LogP contribution in [0.15, 0.2) is 60.9 Å². The number of hydrogen-bond acceptors (Lipinski definition) is 6. The maximum Gasteiger partial charge on any atom is 0.224 e. The van der Waals surface area contributed by atoms with Crippen LogP contribution >= 0.6 is 0 Å². The van der Waals surface area contributed by atoms with Crippen LogP contribution in [0.1, 0.15) is 21.7 Å². The number of Topliss-reactive ketones (excluding diaryl/α,β-unsaturated/α-hetero) is 1. The second-order valence-corrected chi connectivity index (χ2v) is 7.80. The first-order chi connectivity index (χ1) is 15.6. The van der Waals surface area contributed by atoms with Crippen molar-refractivity contribution in [3.8, 4) is 17.4 Å². The molecule has 0 saturated heterocycles. The van der Waals surface area contributed by atoms with E-state index in [4.69, 9.17) is 14.2 Å². The van der Waals surface area contributed by atoms with Gasteiger partial charge in [0, 0.05) is 17.0 Å². The van der Waals surface area contributed by atoms with Crippen molar-refractivity contribution in [1.29, 1.82) is 0 Å². The van der Waals surface area contributed by atoms with E-state index in [0.717, 1.165) is 33.8 Å². The zero-order valence-corrected chi connectivity index (χ0v) is 17.9. The van der Waals surface area contributed by atoms with Gasteiger partial charge >= 0.3 is 0 Å². The summed E-state index contributed by atoms with van der Waals surface area (Å²) in [6.07, 6.45) is 1.31. The van der Waals surface area contributed by atoms with Gasteiger partial charge in [0.2, 0.25) is 11.7 Å². The third-order valence-electron chi connectivity index (χ3n) is 5.67. The smallest absolute Gasteiger partial charge is 0.224 e. The summed E-state index contributed by atoms with van der Waals surface area (Å²) in [4.78, 5) is 21.4. The number of carbonyl (C=O) groups is 1. The van der Waals surface area contributed by atoms with Gasteiger partial charge in [0.15, 0.2) is 24.2 Å². The van der Waals surface area contributed by atoms with Gasteiger partial charge in [0.05, 0.1) is 17.4 Å². The predicted octanol–water partition coefficient (Wildman–Crippen LogP) is 4.15. The van der Waals surface area contributed by atoms with Gasteiger partial charge in [-0.05, 0) is 44.2 Å². The molecule has 0 bridgehead atoms. The van der Waals surface area contributed by atoms with E-state index >= 15 is 0 Å². The standard InChI is InChI=1S/C25H23N3O4/c1-16-11-20(22(29)14-31-25-19-7-3-4-8-21(19)26-15-27-25)17(2)28(16)12-18-13-30-23-9-5-6-10-24(23)32-18/h3-11,15,18H,12-14H2,1-2H3/t18-/m0/s1. The zero-order valence-electron chi connectivity index (χ0n) is 17.9. The van der Waals surface area contributed by atoms with Crippen LogP contribution in [0.5, 0.6) is 17.4 Å². The molecule has 0 N–H and O–H groups in total. The number of aromatic nitrogens is 3. The quantitative estimate of drug-likeness (QED) is 0.429. The van der Waals surface area contributed by atoms with Crippen LogP contribution in [-0.2, 0) is 6.54 Å². The van der Waals surface area contributed by atoms with E-state index in [2.05, 4.69) is 14.5 Å². The van der Waals surface area contributed by atoms with Crippen LogP contribution in [-0.4, -0.2) is 39.6 Å². The van der Waals surface area contributed by atoms with Crippen molar-refractivity contribution in [1.82, 2.24) is 14.5 Å². The van der Waals surface area contributed by atoms with Crippen molar-refractivity contribution in [3.05, 3.63) is 77.9 Å². The number of carbonyl (C=O) groups excluding carboxylic acids is 1. The fourth-order valence-corrected chi connectivity index (χ4v) is 4.03. The summed E-state index contributed by atoms with van der Waals surface area (Å²) < 4.78 is 19.8. The lowest BCUT2D eigenvalue weighted by molar-refractivity contribution is 0.0777. The molecular weight excluding hydrogens is 406 g/mol. The number of para-hydroxylation sites is 3. The van der Waals surface area contributed by atoms with Crippen LogP contribution in [0.25, 0.3) is 10.9 Å². The van der Waals surface area contributed by atoms with Gasteiger partial charge in [-0.15, -0.1) is 0 Å². The minimum Gasteiger partial charge on any atom is -0.486 e. The van der Waals surface area contributed by atoms with Crippen molar-refractivity contribution < 1.29 is 19.0 Å². The van der Waals surface area contributed by atoms with Gasteiger partial charge in [-0.2, -0.15) is 0 Å². The summed E-state index contributed by atoms with van der Waals surface area (Å²) in [6, 6.07) is 17.1. The summed E-state index contributed by atoms with van der Waals surface area (Å²) in [5, 5.41) is 0.781. The molecule has 5 rings (SSSR count). The summed E-state index contributed by atoms with van der Waals surface area (Å²) in [6.45, 7) is 4.89. The fourth-order valence-electron chi connectivity index (χ4n) is 4.03. The number of hydrogen-bond donors (Lipinski definition) is 0. The number of aryl methyl sites for hydroxylation is 1. The van der Waals surface area contributed by atoms with Crippen molar-refractivity contribution in [2.75, 3.05) is 13.2 Å². The van der Waals surface area contributed by atoms with Gasteiger partial charge in [0.25, 0.3) is 0 Å². The normalized spacial score (nSPS) is 15.0. The molecule has 7 heteroatoms. The topological polar surface area (TPSA) is 75.5 Å². The molecule has 0 radical (unpaired) electrons. The van der Waals surface area contributed by atoms with E-state index in [0.29, 0.717) is 24.6 Å². The summed E-state index contributed by atoms with van der Waals surface area (Å²) >= 11 is 0. The average Bonchev–Trinajstić information content (AvgIpc) is 3.11. The van der Waals surface area contributed by atoms with E-state index in [1.807, 2.05) is 68.4 Å². The molecular formula is C25H23N3O4. The molecule has 1 aliphatic rings. The molecule has 3 heterocycles. The second kappa shape index (κ2) is 8.34. The van der Waals surface area contributed by atoms with E-state index < -0.39 is 0 Å². The Balaban J connectivity index is 1.30. The number of ether oxygens (including phenoxy) is 3. The Bertz CT molecular complexity index is 1290. The molecule has 0 amide bonds. The Labute approximate surface area is 185 Å². The summed E-state index contributed by atoms with van der Waals surface area (Å²) in [7, 11) is 0. The van der Waals surface area contributed by atoms with Gasteiger partial charge < -0.3 is 18.8 Å². The van der Waals surface area contributed by atoms with Gasteiger partial charge in [0.1, 0.15) is 12.9 Å². The van der Waals surface area contributed by atoms with Crippen LogP contribution in [0.3, 0.4) is 0 Å². The van der Waals surface area contributed by atoms with Crippen molar-refractivity contribution in [2.24, 2.45) is 0 Å². The van der Waals surface area contributed by atoms with Gasteiger partial charge in [-0.3, -0.25) is 4.79 Å². The average molecular weight is 429 g/mol. The first-order valence-corrected chi connectivity index (χ1v) is 10.5. The predicted molar refractivity (Wildman–Crippen MR) is 120 cm³/mol. The van der Waals surface area contributed by atoms with Crippen molar-refractivity contribution in [3.63, 3.8) is 0 Å². The third-order valence-corrected chi connectivity index (χ3v) is 5.67. The molecule has 0 unspecified atom stereocenters. The number of nitrogens with zero attached hydrogens (tertiary/aromatic N) is 3.